The van der Waals surface area contributed by atoms with Crippen LogP contribution in [0, 0.1) is 0 Å². The SMILES string of the molecule is CCCCCCCCCCCCNC(=O)CCN1CCN(C)CC1. The van der Waals surface area contributed by atoms with Crippen LogP contribution in [0.4, 0.5) is 0 Å². The maximum atomic E-state index is 11.9. The van der Waals surface area contributed by atoms with Gasteiger partial charge in [0.25, 0.3) is 0 Å². The number of amides is 1. The number of nitrogens with one attached hydrogen (secondary N) is 1. The lowest BCUT2D eigenvalue weighted by Gasteiger charge is -2.32. The molecule has 0 aromatic heterocycles. The molecule has 0 unspecified atom stereocenters. The number of rotatable bonds is 14. The molecule has 0 atom stereocenters. The Labute approximate surface area is 150 Å². The van der Waals surface area contributed by atoms with Crippen molar-refractivity contribution in [3.8, 4) is 0 Å². The van der Waals surface area contributed by atoms with Crippen LogP contribution in [0.25, 0.3) is 0 Å². The van der Waals surface area contributed by atoms with Crippen molar-refractivity contribution in [2.75, 3.05) is 46.3 Å². The molecule has 0 saturated carbocycles. The van der Waals surface area contributed by atoms with Crippen molar-refractivity contribution in [2.45, 2.75) is 77.6 Å². The van der Waals surface area contributed by atoms with Gasteiger partial charge in [-0.15, -0.1) is 0 Å². The third kappa shape index (κ3) is 11.9. The van der Waals surface area contributed by atoms with Gasteiger partial charge in [0.1, 0.15) is 0 Å². The van der Waals surface area contributed by atoms with Gasteiger partial charge in [0.2, 0.25) is 5.91 Å². The molecule has 1 rings (SSSR count). The quantitative estimate of drug-likeness (QED) is 0.491. The fourth-order valence-corrected chi connectivity index (χ4v) is 3.26. The number of carbonyl (C=O) groups is 1. The van der Waals surface area contributed by atoms with Gasteiger partial charge in [-0.25, -0.2) is 0 Å². The van der Waals surface area contributed by atoms with Crippen molar-refractivity contribution in [3.63, 3.8) is 0 Å². The van der Waals surface area contributed by atoms with E-state index in [0.717, 1.165) is 45.7 Å². The molecule has 0 aromatic rings. The smallest absolute Gasteiger partial charge is 0.221 e. The minimum Gasteiger partial charge on any atom is -0.356 e. The van der Waals surface area contributed by atoms with Crippen LogP contribution in [0.3, 0.4) is 0 Å². The van der Waals surface area contributed by atoms with Crippen molar-refractivity contribution in [2.24, 2.45) is 0 Å². The molecule has 4 heteroatoms. The van der Waals surface area contributed by atoms with E-state index in [0.29, 0.717) is 6.42 Å². The minimum atomic E-state index is 0.227. The van der Waals surface area contributed by atoms with Crippen molar-refractivity contribution in [1.82, 2.24) is 15.1 Å². The third-order valence-corrected chi connectivity index (χ3v) is 5.10. The van der Waals surface area contributed by atoms with Crippen LogP contribution in [0.2, 0.25) is 0 Å². The fourth-order valence-electron chi connectivity index (χ4n) is 3.26. The average Bonchev–Trinajstić information content (AvgIpc) is 2.59. The molecule has 0 radical (unpaired) electrons. The average molecular weight is 340 g/mol. The van der Waals surface area contributed by atoms with E-state index < -0.39 is 0 Å². The van der Waals surface area contributed by atoms with Crippen LogP contribution in [0.15, 0.2) is 0 Å². The lowest BCUT2D eigenvalue weighted by atomic mass is 10.1. The standard InChI is InChI=1S/C20H41N3O/c1-3-4-5-6-7-8-9-10-11-12-14-21-20(24)13-15-23-18-16-22(2)17-19-23/h3-19H2,1-2H3,(H,21,24). The van der Waals surface area contributed by atoms with Crippen LogP contribution >= 0.6 is 0 Å². The van der Waals surface area contributed by atoms with Gasteiger partial charge in [-0.05, 0) is 13.5 Å². The number of piperazine rings is 1. The lowest BCUT2D eigenvalue weighted by Crippen LogP contribution is -2.45. The van der Waals surface area contributed by atoms with Crippen molar-refractivity contribution >= 4 is 5.91 Å². The molecule has 24 heavy (non-hydrogen) atoms. The van der Waals surface area contributed by atoms with Gasteiger partial charge in [0.05, 0.1) is 0 Å². The van der Waals surface area contributed by atoms with Gasteiger partial charge in [0, 0.05) is 45.7 Å². The first-order valence-electron chi connectivity index (χ1n) is 10.4. The second-order valence-electron chi connectivity index (χ2n) is 7.43. The number of nitrogens with zero attached hydrogens (tertiary/aromatic N) is 2. The maximum Gasteiger partial charge on any atom is 0.221 e. The van der Waals surface area contributed by atoms with E-state index >= 15 is 0 Å². The third-order valence-electron chi connectivity index (χ3n) is 5.10. The minimum absolute atomic E-state index is 0.227. The number of likely N-dealkylation sites (N-methyl/N-ethyl adjacent to an activating group) is 1. The summed E-state index contributed by atoms with van der Waals surface area (Å²) in [5.41, 5.74) is 0. The first-order chi connectivity index (χ1) is 11.7. The van der Waals surface area contributed by atoms with Gasteiger partial charge >= 0.3 is 0 Å². The Balaban J connectivity index is 1.81. The van der Waals surface area contributed by atoms with Gasteiger partial charge in [-0.1, -0.05) is 64.7 Å². The van der Waals surface area contributed by atoms with E-state index in [2.05, 4.69) is 29.1 Å². The molecule has 0 aliphatic carbocycles. The number of hydrogen-bond acceptors (Lipinski definition) is 3. The van der Waals surface area contributed by atoms with Crippen LogP contribution in [-0.2, 0) is 4.79 Å². The Morgan fingerprint density at radius 3 is 1.96 bits per heavy atom. The van der Waals surface area contributed by atoms with Gasteiger partial charge in [0.15, 0.2) is 0 Å². The van der Waals surface area contributed by atoms with E-state index in [1.807, 2.05) is 0 Å². The summed E-state index contributed by atoms with van der Waals surface area (Å²) in [4.78, 5) is 16.6. The van der Waals surface area contributed by atoms with Crippen LogP contribution in [0.5, 0.6) is 0 Å². The summed E-state index contributed by atoms with van der Waals surface area (Å²) in [5, 5.41) is 3.08. The second-order valence-corrected chi connectivity index (χ2v) is 7.43. The van der Waals surface area contributed by atoms with E-state index in [4.69, 9.17) is 0 Å². The molecule has 1 aliphatic heterocycles. The van der Waals surface area contributed by atoms with Crippen molar-refractivity contribution in [3.05, 3.63) is 0 Å². The predicted octanol–water partition coefficient (Wildman–Crippen LogP) is 3.66. The van der Waals surface area contributed by atoms with E-state index in [-0.39, 0.29) is 5.91 Å². The molecule has 142 valence electrons. The first kappa shape index (κ1) is 21.4. The molecule has 1 N–H and O–H groups in total. The number of hydrogen-bond donors (Lipinski definition) is 1. The van der Waals surface area contributed by atoms with Crippen molar-refractivity contribution in [1.29, 1.82) is 0 Å². The van der Waals surface area contributed by atoms with E-state index in [9.17, 15) is 4.79 Å². The highest BCUT2D eigenvalue weighted by atomic mass is 16.1. The molecule has 0 aromatic carbocycles. The summed E-state index contributed by atoms with van der Waals surface area (Å²) in [5.74, 6) is 0.227. The summed E-state index contributed by atoms with van der Waals surface area (Å²) in [6, 6.07) is 0. The predicted molar refractivity (Wildman–Crippen MR) is 103 cm³/mol. The van der Waals surface area contributed by atoms with Gasteiger partial charge in [-0.3, -0.25) is 4.79 Å². The van der Waals surface area contributed by atoms with Crippen molar-refractivity contribution < 1.29 is 4.79 Å². The summed E-state index contributed by atoms with van der Waals surface area (Å²) < 4.78 is 0. The van der Waals surface area contributed by atoms with Crippen LogP contribution in [-0.4, -0.2) is 62.0 Å². The summed E-state index contributed by atoms with van der Waals surface area (Å²) in [6.07, 6.45) is 14.1. The molecule has 1 saturated heterocycles. The molecule has 1 aliphatic rings. The summed E-state index contributed by atoms with van der Waals surface area (Å²) >= 11 is 0. The molecule has 0 spiro atoms. The molecular formula is C20H41N3O. The Hall–Kier alpha value is -0.610. The molecule has 0 bridgehead atoms. The Bertz CT molecular complexity index is 301. The topological polar surface area (TPSA) is 35.6 Å². The normalized spacial score (nSPS) is 16.4. The maximum absolute atomic E-state index is 11.9. The molecule has 1 amide bonds. The van der Waals surface area contributed by atoms with E-state index in [1.54, 1.807) is 0 Å². The van der Waals surface area contributed by atoms with Crippen LogP contribution in [0.1, 0.15) is 77.6 Å². The zero-order valence-corrected chi connectivity index (χ0v) is 16.3. The summed E-state index contributed by atoms with van der Waals surface area (Å²) in [6.45, 7) is 8.49. The molecular weight excluding hydrogens is 298 g/mol. The zero-order valence-electron chi connectivity index (χ0n) is 16.3. The van der Waals surface area contributed by atoms with E-state index in [1.165, 1.54) is 57.8 Å². The zero-order chi connectivity index (χ0) is 17.5. The highest BCUT2D eigenvalue weighted by Crippen LogP contribution is 2.10. The monoisotopic (exact) mass is 339 g/mol. The largest absolute Gasteiger partial charge is 0.356 e. The Morgan fingerprint density at radius 1 is 0.833 bits per heavy atom. The number of unbranched alkanes of at least 4 members (excludes halogenated alkanes) is 9. The van der Waals surface area contributed by atoms with Gasteiger partial charge in [-0.2, -0.15) is 0 Å². The molecule has 1 fully saturated rings. The Morgan fingerprint density at radius 2 is 1.38 bits per heavy atom. The highest BCUT2D eigenvalue weighted by Gasteiger charge is 2.14. The Kier molecular flexibility index (Phi) is 13.1. The summed E-state index contributed by atoms with van der Waals surface area (Å²) in [7, 11) is 2.16. The number of carbonyl (C=O) groups excluding carboxylic acids is 1. The van der Waals surface area contributed by atoms with Gasteiger partial charge < -0.3 is 15.1 Å². The second kappa shape index (κ2) is 14.7. The fraction of sp³-hybridized carbons (Fsp3) is 0.950. The highest BCUT2D eigenvalue weighted by molar-refractivity contribution is 5.75. The molecule has 1 heterocycles. The van der Waals surface area contributed by atoms with Crippen LogP contribution < -0.4 is 5.32 Å². The lowest BCUT2D eigenvalue weighted by molar-refractivity contribution is -0.121. The first-order valence-corrected chi connectivity index (χ1v) is 10.4. The molecule has 4 nitrogen and oxygen atoms in total.